The van der Waals surface area contributed by atoms with Gasteiger partial charge in [-0.25, -0.2) is 5.01 Å². The highest BCUT2D eigenvalue weighted by molar-refractivity contribution is 9.10. The number of hydrogen-bond donors (Lipinski definition) is 0. The Morgan fingerprint density at radius 1 is 1.11 bits per heavy atom. The van der Waals surface area contributed by atoms with E-state index in [0.29, 0.717) is 0 Å². The molecular weight excluding hydrogens is 402 g/mol. The molecule has 4 nitrogen and oxygen atoms in total. The summed E-state index contributed by atoms with van der Waals surface area (Å²) >= 11 is 3.59. The summed E-state index contributed by atoms with van der Waals surface area (Å²) in [6, 6.07) is 18.9. The summed E-state index contributed by atoms with van der Waals surface area (Å²) in [6.07, 6.45) is 4.21. The fourth-order valence-electron chi connectivity index (χ4n) is 3.72. The predicted octanol–water partition coefficient (Wildman–Crippen LogP) is 5.39. The maximum atomic E-state index is 6.35. The summed E-state index contributed by atoms with van der Waals surface area (Å²) in [7, 11) is 0. The van der Waals surface area contributed by atoms with Gasteiger partial charge in [-0.05, 0) is 36.8 Å². The highest BCUT2D eigenvalue weighted by Crippen LogP contribution is 2.48. The first-order valence-corrected chi connectivity index (χ1v) is 9.77. The van der Waals surface area contributed by atoms with Gasteiger partial charge in [-0.15, -0.1) is 0 Å². The predicted molar refractivity (Wildman–Crippen MR) is 109 cm³/mol. The van der Waals surface area contributed by atoms with E-state index in [9.17, 15) is 0 Å². The van der Waals surface area contributed by atoms with E-state index in [1.54, 1.807) is 6.20 Å². The van der Waals surface area contributed by atoms with Gasteiger partial charge < -0.3 is 4.74 Å². The SMILES string of the molecule is Cc1ccc(C2=NN3[C@@H](c4cccnc4)Oc4ccc(Br)cc4[C@@H]3C2)cc1. The van der Waals surface area contributed by atoms with Crippen LogP contribution in [0.1, 0.15) is 40.9 Å². The van der Waals surface area contributed by atoms with Crippen molar-refractivity contribution in [2.24, 2.45) is 5.10 Å². The summed E-state index contributed by atoms with van der Waals surface area (Å²) in [5, 5.41) is 7.06. The molecule has 0 unspecified atom stereocenters. The van der Waals surface area contributed by atoms with Crippen LogP contribution in [0, 0.1) is 6.92 Å². The molecule has 3 heterocycles. The number of hydrazone groups is 1. The van der Waals surface area contributed by atoms with Crippen molar-refractivity contribution in [1.29, 1.82) is 0 Å². The Kier molecular flexibility index (Phi) is 3.97. The van der Waals surface area contributed by atoms with Gasteiger partial charge in [0.05, 0.1) is 11.8 Å². The van der Waals surface area contributed by atoms with Crippen molar-refractivity contribution in [2.45, 2.75) is 25.6 Å². The summed E-state index contributed by atoms with van der Waals surface area (Å²) in [5.74, 6) is 0.911. The van der Waals surface area contributed by atoms with Gasteiger partial charge in [-0.1, -0.05) is 51.8 Å². The van der Waals surface area contributed by atoms with Crippen molar-refractivity contribution in [3.63, 3.8) is 0 Å². The Morgan fingerprint density at radius 3 is 2.74 bits per heavy atom. The minimum atomic E-state index is -0.277. The highest BCUT2D eigenvalue weighted by atomic mass is 79.9. The van der Waals surface area contributed by atoms with Gasteiger partial charge in [-0.3, -0.25) is 4.98 Å². The molecule has 0 N–H and O–H groups in total. The van der Waals surface area contributed by atoms with E-state index in [0.717, 1.165) is 39.0 Å². The molecule has 0 bridgehead atoms. The molecule has 27 heavy (non-hydrogen) atoms. The number of aromatic nitrogens is 1. The maximum Gasteiger partial charge on any atom is 0.215 e. The zero-order valence-corrected chi connectivity index (χ0v) is 16.4. The minimum Gasteiger partial charge on any atom is -0.464 e. The van der Waals surface area contributed by atoms with Gasteiger partial charge in [0, 0.05) is 34.4 Å². The first-order chi connectivity index (χ1) is 13.2. The van der Waals surface area contributed by atoms with Gasteiger partial charge in [0.2, 0.25) is 6.23 Å². The summed E-state index contributed by atoms with van der Waals surface area (Å²) < 4.78 is 7.40. The molecule has 5 heteroatoms. The van der Waals surface area contributed by atoms with Crippen LogP contribution in [0.2, 0.25) is 0 Å². The average Bonchev–Trinajstić information content (AvgIpc) is 3.14. The van der Waals surface area contributed by atoms with Crippen molar-refractivity contribution < 1.29 is 4.74 Å². The zero-order chi connectivity index (χ0) is 18.4. The minimum absolute atomic E-state index is 0.146. The Hall–Kier alpha value is -2.66. The molecule has 0 fully saturated rings. The monoisotopic (exact) mass is 419 g/mol. The van der Waals surface area contributed by atoms with Crippen LogP contribution in [0.4, 0.5) is 0 Å². The lowest BCUT2D eigenvalue weighted by atomic mass is 9.96. The third-order valence-electron chi connectivity index (χ3n) is 5.11. The second-order valence-electron chi connectivity index (χ2n) is 6.95. The van der Waals surface area contributed by atoms with E-state index in [-0.39, 0.29) is 12.3 Å². The number of ether oxygens (including phenoxy) is 1. The van der Waals surface area contributed by atoms with E-state index in [1.165, 1.54) is 5.56 Å². The molecule has 2 aliphatic heterocycles. The second kappa shape index (κ2) is 6.50. The largest absolute Gasteiger partial charge is 0.464 e. The standard InChI is InChI=1S/C22H18BrN3O/c1-14-4-6-15(7-5-14)19-12-20-18-11-17(23)8-9-21(18)27-22(26(20)25-19)16-3-2-10-24-13-16/h2-11,13,20,22H,12H2,1H3/t20-,22+/m0/s1. The number of aryl methyl sites for hydroxylation is 1. The molecule has 1 aromatic heterocycles. The lowest BCUT2D eigenvalue weighted by molar-refractivity contribution is -0.0192. The molecule has 0 amide bonds. The number of halogens is 1. The van der Waals surface area contributed by atoms with E-state index in [4.69, 9.17) is 9.84 Å². The molecule has 3 aromatic rings. The van der Waals surface area contributed by atoms with Gasteiger partial charge in [-0.2, -0.15) is 5.10 Å². The van der Waals surface area contributed by atoms with Crippen LogP contribution in [-0.2, 0) is 0 Å². The average molecular weight is 420 g/mol. The number of fused-ring (bicyclic) bond motifs is 3. The van der Waals surface area contributed by atoms with Gasteiger partial charge in [0.15, 0.2) is 0 Å². The van der Waals surface area contributed by atoms with Gasteiger partial charge in [0.25, 0.3) is 0 Å². The number of hydrogen-bond acceptors (Lipinski definition) is 4. The number of pyridine rings is 1. The first kappa shape index (κ1) is 16.5. The third kappa shape index (κ3) is 2.92. The normalized spacial score (nSPS) is 20.5. The highest BCUT2D eigenvalue weighted by Gasteiger charge is 2.41. The topological polar surface area (TPSA) is 37.7 Å². The van der Waals surface area contributed by atoms with E-state index >= 15 is 0 Å². The maximum absolute atomic E-state index is 6.35. The molecule has 134 valence electrons. The molecule has 0 saturated heterocycles. The number of benzene rings is 2. The summed E-state index contributed by atoms with van der Waals surface area (Å²) in [5.41, 5.74) is 5.67. The Bertz CT molecular complexity index is 1020. The fourth-order valence-corrected chi connectivity index (χ4v) is 4.10. The van der Waals surface area contributed by atoms with Crippen LogP contribution >= 0.6 is 15.9 Å². The lowest BCUT2D eigenvalue weighted by Gasteiger charge is -2.38. The van der Waals surface area contributed by atoms with Crippen molar-refractivity contribution >= 4 is 21.6 Å². The molecule has 5 rings (SSSR count). The van der Waals surface area contributed by atoms with Crippen LogP contribution < -0.4 is 4.74 Å². The molecule has 0 spiro atoms. The van der Waals surface area contributed by atoms with Crippen molar-refractivity contribution in [3.8, 4) is 5.75 Å². The number of rotatable bonds is 2. The molecule has 0 saturated carbocycles. The van der Waals surface area contributed by atoms with Crippen LogP contribution in [-0.4, -0.2) is 15.7 Å². The summed E-state index contributed by atoms with van der Waals surface area (Å²) in [6.45, 7) is 2.10. The molecule has 2 aromatic carbocycles. The molecule has 0 radical (unpaired) electrons. The van der Waals surface area contributed by atoms with E-state index in [2.05, 4.69) is 63.2 Å². The van der Waals surface area contributed by atoms with Crippen LogP contribution in [0.3, 0.4) is 0 Å². The summed E-state index contributed by atoms with van der Waals surface area (Å²) in [4.78, 5) is 4.27. The molecule has 0 aliphatic carbocycles. The Balaban J connectivity index is 1.60. The quantitative estimate of drug-likeness (QED) is 0.558. The molecule has 2 atom stereocenters. The van der Waals surface area contributed by atoms with Gasteiger partial charge in [0.1, 0.15) is 5.75 Å². The smallest absolute Gasteiger partial charge is 0.215 e. The third-order valence-corrected chi connectivity index (χ3v) is 5.60. The van der Waals surface area contributed by atoms with Crippen molar-refractivity contribution in [3.05, 3.63) is 93.7 Å². The van der Waals surface area contributed by atoms with Crippen LogP contribution in [0.25, 0.3) is 0 Å². The zero-order valence-electron chi connectivity index (χ0n) is 14.8. The fraction of sp³-hybridized carbons (Fsp3) is 0.182. The van der Waals surface area contributed by atoms with Crippen molar-refractivity contribution in [2.75, 3.05) is 0 Å². The van der Waals surface area contributed by atoms with Crippen molar-refractivity contribution in [1.82, 2.24) is 9.99 Å². The molecular formula is C22H18BrN3O. The number of nitrogens with zero attached hydrogens (tertiary/aromatic N) is 3. The first-order valence-electron chi connectivity index (χ1n) is 8.98. The Morgan fingerprint density at radius 2 is 1.96 bits per heavy atom. The van der Waals surface area contributed by atoms with E-state index in [1.807, 2.05) is 30.5 Å². The van der Waals surface area contributed by atoms with E-state index < -0.39 is 0 Å². The van der Waals surface area contributed by atoms with Crippen LogP contribution in [0.5, 0.6) is 5.75 Å². The van der Waals surface area contributed by atoms with Gasteiger partial charge >= 0.3 is 0 Å². The van der Waals surface area contributed by atoms with Crippen LogP contribution in [0.15, 0.2) is 76.6 Å². The lowest BCUT2D eigenvalue weighted by Crippen LogP contribution is -2.33. The second-order valence-corrected chi connectivity index (χ2v) is 7.87. The molecule has 2 aliphatic rings. The Labute approximate surface area is 166 Å².